The third kappa shape index (κ3) is 2.57. The van der Waals surface area contributed by atoms with E-state index in [4.69, 9.17) is 4.74 Å². The minimum Gasteiger partial charge on any atom is -0.494 e. The molecule has 1 aliphatic heterocycles. The van der Waals surface area contributed by atoms with E-state index in [1.165, 1.54) is 77.4 Å². The molecule has 0 aromatic heterocycles. The standard InChI is InChI=1S/C27H39NO/c1-24-15-21-16-26(19-25(2,18-24)27(24,17-21)20-26)22-7-9-23(10-8-22)29-14-6-13-28-11-4-3-5-12-28/h7-10,21H,3-6,11-20H2,1-2H3. The van der Waals surface area contributed by atoms with E-state index < -0.39 is 0 Å². The topological polar surface area (TPSA) is 12.5 Å². The van der Waals surface area contributed by atoms with Gasteiger partial charge in [0.05, 0.1) is 6.61 Å². The van der Waals surface area contributed by atoms with E-state index in [0.717, 1.165) is 24.7 Å². The molecule has 1 spiro atoms. The number of fused-ring (bicyclic) bond motifs is 2. The fraction of sp³-hybridized carbons (Fsp3) is 0.778. The van der Waals surface area contributed by atoms with E-state index in [9.17, 15) is 0 Å². The highest BCUT2D eigenvalue weighted by molar-refractivity contribution is 5.41. The van der Waals surface area contributed by atoms with Crippen LogP contribution in [0.1, 0.15) is 83.6 Å². The van der Waals surface area contributed by atoms with Gasteiger partial charge in [-0.1, -0.05) is 32.4 Å². The average molecular weight is 394 g/mol. The van der Waals surface area contributed by atoms with E-state index in [2.05, 4.69) is 43.0 Å². The van der Waals surface area contributed by atoms with E-state index in [1.54, 1.807) is 5.56 Å². The van der Waals surface area contributed by atoms with Crippen molar-refractivity contribution in [2.24, 2.45) is 22.2 Å². The molecular weight excluding hydrogens is 354 g/mol. The first kappa shape index (κ1) is 18.7. The van der Waals surface area contributed by atoms with Crippen LogP contribution in [0.15, 0.2) is 24.3 Å². The van der Waals surface area contributed by atoms with Gasteiger partial charge in [0.25, 0.3) is 0 Å². The van der Waals surface area contributed by atoms with E-state index >= 15 is 0 Å². The molecule has 0 radical (unpaired) electrons. The Morgan fingerprint density at radius 2 is 1.69 bits per heavy atom. The van der Waals surface area contributed by atoms with Gasteiger partial charge in [0, 0.05) is 6.54 Å². The van der Waals surface area contributed by atoms with Gasteiger partial charge >= 0.3 is 0 Å². The number of ether oxygens (including phenoxy) is 1. The first-order valence-corrected chi connectivity index (χ1v) is 12.4. The molecule has 2 heteroatoms. The molecule has 4 aliphatic carbocycles. The number of hydrogen-bond donors (Lipinski definition) is 0. The number of nitrogens with zero attached hydrogens (tertiary/aromatic N) is 1. The Morgan fingerprint density at radius 1 is 0.897 bits per heavy atom. The second kappa shape index (κ2) is 6.25. The van der Waals surface area contributed by atoms with Crippen molar-refractivity contribution < 1.29 is 4.74 Å². The maximum Gasteiger partial charge on any atom is 0.119 e. The van der Waals surface area contributed by atoms with Crippen molar-refractivity contribution in [2.75, 3.05) is 26.2 Å². The van der Waals surface area contributed by atoms with Gasteiger partial charge in [-0.3, -0.25) is 0 Å². The number of benzene rings is 1. The molecule has 5 fully saturated rings. The van der Waals surface area contributed by atoms with Crippen molar-refractivity contribution in [1.29, 1.82) is 0 Å². The molecule has 3 bridgehead atoms. The van der Waals surface area contributed by atoms with Crippen molar-refractivity contribution in [1.82, 2.24) is 4.90 Å². The van der Waals surface area contributed by atoms with Crippen LogP contribution in [0, 0.1) is 22.2 Å². The molecule has 1 aromatic carbocycles. The Labute approximate surface area is 177 Å². The summed E-state index contributed by atoms with van der Waals surface area (Å²) in [5.74, 6) is 2.04. The summed E-state index contributed by atoms with van der Waals surface area (Å²) in [6.45, 7) is 9.88. The van der Waals surface area contributed by atoms with Gasteiger partial charge in [0.1, 0.15) is 5.75 Å². The van der Waals surface area contributed by atoms with Crippen LogP contribution in [0.2, 0.25) is 0 Å². The summed E-state index contributed by atoms with van der Waals surface area (Å²) < 4.78 is 6.11. The minimum absolute atomic E-state index is 0.457. The lowest BCUT2D eigenvalue weighted by molar-refractivity contribution is -0.157. The van der Waals surface area contributed by atoms with E-state index in [0.29, 0.717) is 21.7 Å². The smallest absolute Gasteiger partial charge is 0.119 e. The van der Waals surface area contributed by atoms with Crippen LogP contribution >= 0.6 is 0 Å². The second-order valence-electron chi connectivity index (χ2n) is 12.1. The summed E-state index contributed by atoms with van der Waals surface area (Å²) in [7, 11) is 0. The highest BCUT2D eigenvalue weighted by Crippen LogP contribution is 2.88. The highest BCUT2D eigenvalue weighted by Gasteiger charge is 2.80. The number of piperidine rings is 1. The molecule has 1 saturated heterocycles. The van der Waals surface area contributed by atoms with Gasteiger partial charge in [-0.05, 0) is 116 Å². The van der Waals surface area contributed by atoms with Crippen LogP contribution in [-0.4, -0.2) is 31.1 Å². The predicted molar refractivity (Wildman–Crippen MR) is 118 cm³/mol. The van der Waals surface area contributed by atoms with Crippen LogP contribution in [0.3, 0.4) is 0 Å². The molecule has 4 saturated carbocycles. The fourth-order valence-corrected chi connectivity index (χ4v) is 9.63. The average Bonchev–Trinajstić information content (AvgIpc) is 2.98. The molecule has 0 amide bonds. The molecule has 5 aliphatic rings. The molecule has 2 nitrogen and oxygen atoms in total. The number of rotatable bonds is 6. The normalized spacial score (nSPS) is 45.2. The van der Waals surface area contributed by atoms with Crippen molar-refractivity contribution in [3.05, 3.63) is 29.8 Å². The zero-order chi connectivity index (χ0) is 19.7. The van der Waals surface area contributed by atoms with Crippen molar-refractivity contribution in [3.63, 3.8) is 0 Å². The van der Waals surface area contributed by atoms with Gasteiger partial charge in [0.15, 0.2) is 0 Å². The maximum atomic E-state index is 6.11. The van der Waals surface area contributed by atoms with Gasteiger partial charge in [-0.15, -0.1) is 0 Å². The zero-order valence-electron chi connectivity index (χ0n) is 18.6. The molecule has 0 N–H and O–H groups in total. The molecule has 1 aromatic rings. The molecule has 6 rings (SSSR count). The highest BCUT2D eigenvalue weighted by atomic mass is 16.5. The van der Waals surface area contributed by atoms with Crippen molar-refractivity contribution >= 4 is 0 Å². The Morgan fingerprint density at radius 3 is 2.48 bits per heavy atom. The second-order valence-corrected chi connectivity index (χ2v) is 12.1. The fourth-order valence-electron chi connectivity index (χ4n) is 9.63. The van der Waals surface area contributed by atoms with Crippen LogP contribution in [0.4, 0.5) is 0 Å². The largest absolute Gasteiger partial charge is 0.494 e. The van der Waals surface area contributed by atoms with Crippen LogP contribution in [0.25, 0.3) is 0 Å². The maximum absolute atomic E-state index is 6.11. The number of hydrogen-bond acceptors (Lipinski definition) is 2. The summed E-state index contributed by atoms with van der Waals surface area (Å²) >= 11 is 0. The molecule has 29 heavy (non-hydrogen) atoms. The predicted octanol–water partition coefficient (Wildman–Crippen LogP) is 6.19. The summed E-state index contributed by atoms with van der Waals surface area (Å²) in [6, 6.07) is 9.38. The summed E-state index contributed by atoms with van der Waals surface area (Å²) in [5.41, 5.74) is 3.99. The van der Waals surface area contributed by atoms with Crippen molar-refractivity contribution in [3.8, 4) is 5.75 Å². The lowest BCUT2D eigenvalue weighted by Crippen LogP contribution is -2.57. The Hall–Kier alpha value is -1.02. The van der Waals surface area contributed by atoms with Crippen LogP contribution in [-0.2, 0) is 5.41 Å². The van der Waals surface area contributed by atoms with Gasteiger partial charge < -0.3 is 9.64 Å². The zero-order valence-corrected chi connectivity index (χ0v) is 18.6. The minimum atomic E-state index is 0.457. The Kier molecular flexibility index (Phi) is 4.04. The van der Waals surface area contributed by atoms with E-state index in [1.807, 2.05) is 0 Å². The summed E-state index contributed by atoms with van der Waals surface area (Å²) in [4.78, 5) is 2.61. The Bertz CT molecular complexity index is 782. The summed E-state index contributed by atoms with van der Waals surface area (Å²) in [6.07, 6.45) is 14.2. The summed E-state index contributed by atoms with van der Waals surface area (Å²) in [5, 5.41) is 0. The number of likely N-dealkylation sites (tertiary alicyclic amines) is 1. The molecular formula is C27H39NO. The van der Waals surface area contributed by atoms with Crippen LogP contribution < -0.4 is 4.74 Å². The van der Waals surface area contributed by atoms with Crippen LogP contribution in [0.5, 0.6) is 5.75 Å². The lowest BCUT2D eigenvalue weighted by atomic mass is 9.40. The first-order valence-electron chi connectivity index (χ1n) is 12.4. The van der Waals surface area contributed by atoms with Gasteiger partial charge in [-0.2, -0.15) is 0 Å². The van der Waals surface area contributed by atoms with Crippen molar-refractivity contribution in [2.45, 2.75) is 83.5 Å². The first-order chi connectivity index (χ1) is 14.0. The molecule has 1 heterocycles. The third-order valence-corrected chi connectivity index (χ3v) is 10.3. The van der Waals surface area contributed by atoms with Gasteiger partial charge in [-0.25, -0.2) is 0 Å². The lowest BCUT2D eigenvalue weighted by Gasteiger charge is -2.64. The SMILES string of the molecule is CC12CC3CC4(c5ccc(OCCCN6CCCCC6)cc5)CC(C)(C1)C2(C3)C4. The quantitative estimate of drug-likeness (QED) is 0.534. The molecule has 5 unspecified atom stereocenters. The molecule has 5 atom stereocenters. The third-order valence-electron chi connectivity index (χ3n) is 10.3. The van der Waals surface area contributed by atoms with Gasteiger partial charge in [0.2, 0.25) is 0 Å². The Balaban J connectivity index is 1.11. The molecule has 158 valence electrons. The van der Waals surface area contributed by atoms with E-state index in [-0.39, 0.29) is 0 Å². The monoisotopic (exact) mass is 393 g/mol.